The van der Waals surface area contributed by atoms with Gasteiger partial charge in [-0.2, -0.15) is 0 Å². The molecule has 0 aromatic heterocycles. The van der Waals surface area contributed by atoms with Crippen molar-refractivity contribution < 1.29 is 9.84 Å². The molecular formula is C14H24N2O2. The van der Waals surface area contributed by atoms with Crippen molar-refractivity contribution in [2.24, 2.45) is 11.3 Å². The number of methoxy groups -OCH3 is 1. The van der Waals surface area contributed by atoms with Crippen LogP contribution in [0.3, 0.4) is 0 Å². The second-order valence-electron chi connectivity index (χ2n) is 6.11. The van der Waals surface area contributed by atoms with E-state index in [1.807, 2.05) is 14.0 Å². The molecule has 18 heavy (non-hydrogen) atoms. The monoisotopic (exact) mass is 252 g/mol. The fourth-order valence-corrected chi connectivity index (χ4v) is 3.93. The lowest BCUT2D eigenvalue weighted by Gasteiger charge is -2.34. The SMILES string of the molecule is COC1CC=C2NCC3(CCN(C(C)O)C3)[C@@H]2C1. The number of aliphatic hydroxyl groups excluding tert-OH is 1. The third kappa shape index (κ3) is 1.87. The molecule has 0 bridgehead atoms. The summed E-state index contributed by atoms with van der Waals surface area (Å²) >= 11 is 0. The van der Waals surface area contributed by atoms with Crippen LogP contribution < -0.4 is 5.32 Å². The Kier molecular flexibility index (Phi) is 3.12. The molecule has 4 heteroatoms. The molecule has 102 valence electrons. The Balaban J connectivity index is 1.78. The van der Waals surface area contributed by atoms with Crippen molar-refractivity contribution in [2.75, 3.05) is 26.7 Å². The minimum atomic E-state index is -0.320. The van der Waals surface area contributed by atoms with Crippen molar-refractivity contribution in [3.63, 3.8) is 0 Å². The molecule has 2 aliphatic heterocycles. The van der Waals surface area contributed by atoms with Crippen molar-refractivity contribution in [3.05, 3.63) is 11.8 Å². The summed E-state index contributed by atoms with van der Waals surface area (Å²) in [7, 11) is 1.81. The highest BCUT2D eigenvalue weighted by Gasteiger charge is 2.51. The topological polar surface area (TPSA) is 44.7 Å². The Labute approximate surface area is 109 Å². The van der Waals surface area contributed by atoms with Crippen LogP contribution in [0.5, 0.6) is 0 Å². The van der Waals surface area contributed by atoms with Gasteiger partial charge in [-0.3, -0.25) is 4.90 Å². The van der Waals surface area contributed by atoms with E-state index in [9.17, 15) is 5.11 Å². The van der Waals surface area contributed by atoms with Crippen molar-refractivity contribution in [3.8, 4) is 0 Å². The predicted molar refractivity (Wildman–Crippen MR) is 69.9 cm³/mol. The summed E-state index contributed by atoms with van der Waals surface area (Å²) in [6.07, 6.45) is 5.72. The number of likely N-dealkylation sites (tertiary alicyclic amines) is 1. The van der Waals surface area contributed by atoms with E-state index < -0.39 is 0 Å². The Bertz CT molecular complexity index is 356. The standard InChI is InChI=1S/C14H24N2O2/c1-10(17)16-6-5-14(9-16)8-15-13-4-3-11(18-2)7-12(13)14/h4,10-12,15,17H,3,5-9H2,1-2H3/t10?,11?,12-,14?/m1/s1. The van der Waals surface area contributed by atoms with Crippen LogP contribution in [-0.2, 0) is 4.74 Å². The van der Waals surface area contributed by atoms with Gasteiger partial charge in [0.15, 0.2) is 0 Å². The highest BCUT2D eigenvalue weighted by Crippen LogP contribution is 2.49. The van der Waals surface area contributed by atoms with Crippen molar-refractivity contribution >= 4 is 0 Å². The van der Waals surface area contributed by atoms with Gasteiger partial charge in [0.2, 0.25) is 0 Å². The quantitative estimate of drug-likeness (QED) is 0.767. The number of hydrogen-bond donors (Lipinski definition) is 2. The zero-order valence-electron chi connectivity index (χ0n) is 11.4. The maximum absolute atomic E-state index is 9.76. The lowest BCUT2D eigenvalue weighted by atomic mass is 9.71. The van der Waals surface area contributed by atoms with Crippen LogP contribution in [0.2, 0.25) is 0 Å². The summed E-state index contributed by atoms with van der Waals surface area (Å²) in [5.41, 5.74) is 1.75. The molecule has 0 aromatic carbocycles. The zero-order valence-corrected chi connectivity index (χ0v) is 11.4. The summed E-state index contributed by atoms with van der Waals surface area (Å²) in [5.74, 6) is 0.597. The summed E-state index contributed by atoms with van der Waals surface area (Å²) in [5, 5.41) is 13.3. The van der Waals surface area contributed by atoms with Gasteiger partial charge >= 0.3 is 0 Å². The first-order valence-corrected chi connectivity index (χ1v) is 7.03. The summed E-state index contributed by atoms with van der Waals surface area (Å²) < 4.78 is 5.54. The molecule has 2 N–H and O–H groups in total. The number of nitrogens with one attached hydrogen (secondary N) is 1. The van der Waals surface area contributed by atoms with E-state index in [4.69, 9.17) is 4.74 Å². The second-order valence-corrected chi connectivity index (χ2v) is 6.11. The maximum Gasteiger partial charge on any atom is 0.104 e. The Hall–Kier alpha value is -0.580. The molecule has 4 nitrogen and oxygen atoms in total. The molecule has 2 fully saturated rings. The van der Waals surface area contributed by atoms with Crippen molar-refractivity contribution in [1.82, 2.24) is 10.2 Å². The van der Waals surface area contributed by atoms with Crippen LogP contribution in [-0.4, -0.2) is 49.1 Å². The first kappa shape index (κ1) is 12.5. The van der Waals surface area contributed by atoms with Crippen LogP contribution in [0.1, 0.15) is 26.2 Å². The fourth-order valence-electron chi connectivity index (χ4n) is 3.93. The predicted octanol–water partition coefficient (Wildman–Crippen LogP) is 0.929. The van der Waals surface area contributed by atoms with E-state index in [1.54, 1.807) is 0 Å². The first-order valence-electron chi connectivity index (χ1n) is 7.03. The fraction of sp³-hybridized carbons (Fsp3) is 0.857. The van der Waals surface area contributed by atoms with Crippen LogP contribution in [0.4, 0.5) is 0 Å². The Morgan fingerprint density at radius 2 is 2.44 bits per heavy atom. The molecular weight excluding hydrogens is 228 g/mol. The van der Waals surface area contributed by atoms with E-state index in [-0.39, 0.29) is 6.23 Å². The van der Waals surface area contributed by atoms with Gasteiger partial charge in [0.25, 0.3) is 0 Å². The molecule has 0 aromatic rings. The van der Waals surface area contributed by atoms with E-state index in [0.29, 0.717) is 17.4 Å². The van der Waals surface area contributed by atoms with Gasteiger partial charge in [-0.25, -0.2) is 0 Å². The molecule has 0 amide bonds. The maximum atomic E-state index is 9.76. The highest BCUT2D eigenvalue weighted by molar-refractivity contribution is 5.22. The number of hydrogen-bond acceptors (Lipinski definition) is 4. The summed E-state index contributed by atoms with van der Waals surface area (Å²) in [6, 6.07) is 0. The molecule has 1 spiro atoms. The molecule has 0 radical (unpaired) electrons. The largest absolute Gasteiger partial charge is 0.388 e. The summed E-state index contributed by atoms with van der Waals surface area (Å²) in [4.78, 5) is 2.20. The van der Waals surface area contributed by atoms with Crippen LogP contribution >= 0.6 is 0 Å². The molecule has 2 saturated heterocycles. The normalized spacial score (nSPS) is 41.6. The number of rotatable bonds is 2. The first-order chi connectivity index (χ1) is 8.64. The average Bonchev–Trinajstić information content (AvgIpc) is 2.96. The molecule has 3 unspecified atom stereocenters. The second kappa shape index (κ2) is 4.51. The number of ether oxygens (including phenoxy) is 1. The van der Waals surface area contributed by atoms with E-state index in [0.717, 1.165) is 32.5 Å². The van der Waals surface area contributed by atoms with E-state index in [2.05, 4.69) is 16.3 Å². The molecule has 1 aliphatic carbocycles. The van der Waals surface area contributed by atoms with Gasteiger partial charge in [-0.05, 0) is 26.2 Å². The van der Waals surface area contributed by atoms with Gasteiger partial charge in [-0.15, -0.1) is 0 Å². The molecule has 0 saturated carbocycles. The lowest BCUT2D eigenvalue weighted by molar-refractivity contribution is 0.0198. The third-order valence-electron chi connectivity index (χ3n) is 5.14. The highest BCUT2D eigenvalue weighted by atomic mass is 16.5. The zero-order chi connectivity index (χ0) is 12.8. The minimum Gasteiger partial charge on any atom is -0.388 e. The van der Waals surface area contributed by atoms with E-state index in [1.165, 1.54) is 12.1 Å². The molecule has 4 atom stereocenters. The van der Waals surface area contributed by atoms with Gasteiger partial charge in [0.05, 0.1) is 6.10 Å². The smallest absolute Gasteiger partial charge is 0.104 e. The van der Waals surface area contributed by atoms with Gasteiger partial charge < -0.3 is 15.2 Å². The Morgan fingerprint density at radius 3 is 3.11 bits per heavy atom. The average molecular weight is 252 g/mol. The number of allylic oxidation sites excluding steroid dienone is 1. The van der Waals surface area contributed by atoms with Crippen LogP contribution in [0, 0.1) is 11.3 Å². The number of fused-ring (bicyclic) bond motifs is 2. The Morgan fingerprint density at radius 1 is 1.61 bits per heavy atom. The van der Waals surface area contributed by atoms with Crippen molar-refractivity contribution in [2.45, 2.75) is 38.5 Å². The van der Waals surface area contributed by atoms with Gasteiger partial charge in [-0.1, -0.05) is 6.08 Å². The lowest BCUT2D eigenvalue weighted by Crippen LogP contribution is -2.38. The van der Waals surface area contributed by atoms with Gasteiger partial charge in [0, 0.05) is 43.8 Å². The number of nitrogens with zero attached hydrogens (tertiary/aromatic N) is 1. The minimum absolute atomic E-state index is 0.319. The summed E-state index contributed by atoms with van der Waals surface area (Å²) in [6.45, 7) is 4.96. The van der Waals surface area contributed by atoms with Crippen LogP contribution in [0.25, 0.3) is 0 Å². The van der Waals surface area contributed by atoms with Crippen molar-refractivity contribution in [1.29, 1.82) is 0 Å². The molecule has 3 rings (SSSR count). The molecule has 2 heterocycles. The number of aliphatic hydroxyl groups is 1. The molecule has 3 aliphatic rings. The van der Waals surface area contributed by atoms with E-state index >= 15 is 0 Å². The van der Waals surface area contributed by atoms with Gasteiger partial charge in [0.1, 0.15) is 6.23 Å². The van der Waals surface area contributed by atoms with Crippen LogP contribution in [0.15, 0.2) is 11.8 Å². The third-order valence-corrected chi connectivity index (χ3v) is 5.14.